The topological polar surface area (TPSA) is 64.6 Å². The maximum absolute atomic E-state index is 11.5. The van der Waals surface area contributed by atoms with Crippen molar-refractivity contribution in [2.24, 2.45) is 0 Å². The smallest absolute Gasteiger partial charge is 0.337 e. The van der Waals surface area contributed by atoms with Crippen molar-refractivity contribution in [2.45, 2.75) is 13.3 Å². The number of hydrogen-bond donors (Lipinski definition) is 1. The van der Waals surface area contributed by atoms with E-state index in [-0.39, 0.29) is 5.97 Å². The number of carbonyl (C=O) groups excluding carboxylic acids is 2. The molecule has 138 valence electrons. The Balaban J connectivity index is 2.28. The molecule has 2 aromatic carbocycles. The van der Waals surface area contributed by atoms with Gasteiger partial charge in [0, 0.05) is 6.54 Å². The number of ether oxygens (including phenoxy) is 2. The summed E-state index contributed by atoms with van der Waals surface area (Å²) >= 11 is 6.45. The van der Waals surface area contributed by atoms with Gasteiger partial charge in [0.2, 0.25) is 0 Å². The van der Waals surface area contributed by atoms with Crippen molar-refractivity contribution in [1.82, 2.24) is 5.32 Å². The molecule has 26 heavy (non-hydrogen) atoms. The van der Waals surface area contributed by atoms with Crippen LogP contribution in [0.15, 0.2) is 30.3 Å². The molecule has 0 spiro atoms. The van der Waals surface area contributed by atoms with Crippen molar-refractivity contribution in [2.75, 3.05) is 27.3 Å². The van der Waals surface area contributed by atoms with Crippen LogP contribution in [0.25, 0.3) is 0 Å². The Hall–Kier alpha value is -2.37. The molecule has 0 atom stereocenters. The average molecular weight is 376 g/mol. The molecular formula is C20H22ClNO4. The van der Waals surface area contributed by atoms with E-state index in [1.54, 1.807) is 18.2 Å². The molecule has 5 nitrogen and oxygen atoms in total. The second-order valence-corrected chi connectivity index (χ2v) is 6.21. The van der Waals surface area contributed by atoms with Crippen LogP contribution in [0.2, 0.25) is 5.02 Å². The molecule has 0 heterocycles. The zero-order valence-corrected chi connectivity index (χ0v) is 15.9. The van der Waals surface area contributed by atoms with E-state index in [2.05, 4.69) is 5.32 Å². The van der Waals surface area contributed by atoms with E-state index in [1.807, 2.05) is 26.1 Å². The fourth-order valence-corrected chi connectivity index (χ4v) is 2.85. The first-order valence-corrected chi connectivity index (χ1v) is 8.61. The predicted molar refractivity (Wildman–Crippen MR) is 102 cm³/mol. The molecule has 0 fully saturated rings. The largest absolute Gasteiger partial charge is 0.490 e. The standard InChI is InChI=1S/C20H22ClNO4/c1-13-16(10-14-4-6-15(7-5-14)20(24)25-3)11-17(12-23)19(18(13)21)26-9-8-22-2/h4-7,11-12,22H,8-10H2,1-3H3. The molecule has 1 N–H and O–H groups in total. The second-order valence-electron chi connectivity index (χ2n) is 5.83. The number of methoxy groups -OCH3 is 1. The molecule has 0 aliphatic carbocycles. The minimum Gasteiger partial charge on any atom is -0.490 e. The van der Waals surface area contributed by atoms with Crippen LogP contribution in [-0.2, 0) is 11.2 Å². The van der Waals surface area contributed by atoms with Crippen LogP contribution in [0.1, 0.15) is 37.4 Å². The summed E-state index contributed by atoms with van der Waals surface area (Å²) in [6, 6.07) is 8.95. The Morgan fingerprint density at radius 3 is 2.54 bits per heavy atom. The van der Waals surface area contributed by atoms with Gasteiger partial charge in [-0.05, 0) is 55.3 Å². The van der Waals surface area contributed by atoms with Crippen LogP contribution >= 0.6 is 11.6 Å². The van der Waals surface area contributed by atoms with Gasteiger partial charge in [-0.15, -0.1) is 0 Å². The molecule has 0 aliphatic rings. The van der Waals surface area contributed by atoms with Crippen LogP contribution < -0.4 is 10.1 Å². The number of carbonyl (C=O) groups is 2. The summed E-state index contributed by atoms with van der Waals surface area (Å²) in [6.07, 6.45) is 1.34. The quantitative estimate of drug-likeness (QED) is 0.435. The Morgan fingerprint density at radius 1 is 1.27 bits per heavy atom. The molecule has 0 radical (unpaired) electrons. The van der Waals surface area contributed by atoms with Crippen molar-refractivity contribution < 1.29 is 19.1 Å². The Bertz CT molecular complexity index is 787. The number of nitrogens with one attached hydrogen (secondary N) is 1. The number of aldehydes is 1. The third-order valence-corrected chi connectivity index (χ3v) is 4.55. The molecule has 0 saturated heterocycles. The lowest BCUT2D eigenvalue weighted by atomic mass is 9.97. The van der Waals surface area contributed by atoms with Gasteiger partial charge in [0.05, 0.1) is 23.3 Å². The van der Waals surface area contributed by atoms with Gasteiger partial charge in [-0.25, -0.2) is 4.79 Å². The van der Waals surface area contributed by atoms with Gasteiger partial charge in [-0.2, -0.15) is 0 Å². The Labute approximate surface area is 158 Å². The number of rotatable bonds is 8. The second kappa shape index (κ2) is 9.36. The van der Waals surface area contributed by atoms with Gasteiger partial charge in [0.1, 0.15) is 12.4 Å². The van der Waals surface area contributed by atoms with Crippen molar-refractivity contribution >= 4 is 23.9 Å². The molecule has 0 bridgehead atoms. The van der Waals surface area contributed by atoms with Crippen LogP contribution in [0.3, 0.4) is 0 Å². The van der Waals surface area contributed by atoms with Crippen molar-refractivity contribution in [3.63, 3.8) is 0 Å². The van der Waals surface area contributed by atoms with E-state index in [9.17, 15) is 9.59 Å². The summed E-state index contributed by atoms with van der Waals surface area (Å²) in [4.78, 5) is 23.0. The minimum atomic E-state index is -0.373. The molecule has 0 unspecified atom stereocenters. The van der Waals surface area contributed by atoms with Crippen LogP contribution in [0.4, 0.5) is 0 Å². The molecule has 0 aromatic heterocycles. The summed E-state index contributed by atoms with van der Waals surface area (Å²) in [7, 11) is 3.17. The number of esters is 1. The maximum Gasteiger partial charge on any atom is 0.337 e. The van der Waals surface area contributed by atoms with Crippen LogP contribution in [-0.4, -0.2) is 39.6 Å². The average Bonchev–Trinajstić information content (AvgIpc) is 2.67. The Morgan fingerprint density at radius 2 is 1.96 bits per heavy atom. The van der Waals surface area contributed by atoms with E-state index in [1.165, 1.54) is 7.11 Å². The van der Waals surface area contributed by atoms with Gasteiger partial charge in [-0.1, -0.05) is 23.7 Å². The summed E-state index contributed by atoms with van der Waals surface area (Å²) in [5, 5.41) is 3.43. The third kappa shape index (κ3) is 4.62. The number of hydrogen-bond acceptors (Lipinski definition) is 5. The van der Waals surface area contributed by atoms with Crippen LogP contribution in [0.5, 0.6) is 5.75 Å². The third-order valence-electron chi connectivity index (χ3n) is 4.10. The summed E-state index contributed by atoms with van der Waals surface area (Å²) in [5.74, 6) is 0.0429. The lowest BCUT2D eigenvalue weighted by Crippen LogP contribution is -2.17. The molecule has 6 heteroatoms. The van der Waals surface area contributed by atoms with E-state index >= 15 is 0 Å². The zero-order valence-electron chi connectivity index (χ0n) is 15.1. The Kier molecular flexibility index (Phi) is 7.18. The van der Waals surface area contributed by atoms with Gasteiger partial charge in [0.25, 0.3) is 0 Å². The first kappa shape index (κ1) is 19.9. The highest BCUT2D eigenvalue weighted by Crippen LogP contribution is 2.34. The maximum atomic E-state index is 11.5. The fraction of sp³-hybridized carbons (Fsp3) is 0.300. The van der Waals surface area contributed by atoms with Gasteiger partial charge >= 0.3 is 5.97 Å². The molecule has 2 aromatic rings. The monoisotopic (exact) mass is 375 g/mol. The normalized spacial score (nSPS) is 10.5. The summed E-state index contributed by atoms with van der Waals surface area (Å²) < 4.78 is 10.4. The first-order valence-electron chi connectivity index (χ1n) is 8.23. The fourth-order valence-electron chi connectivity index (χ4n) is 2.57. The van der Waals surface area contributed by atoms with E-state index in [4.69, 9.17) is 21.1 Å². The van der Waals surface area contributed by atoms with Crippen molar-refractivity contribution in [1.29, 1.82) is 0 Å². The summed E-state index contributed by atoms with van der Waals surface area (Å²) in [5.41, 5.74) is 3.72. The van der Waals surface area contributed by atoms with Gasteiger partial charge in [0.15, 0.2) is 6.29 Å². The summed E-state index contributed by atoms with van der Waals surface area (Å²) in [6.45, 7) is 2.98. The van der Waals surface area contributed by atoms with Crippen LogP contribution in [0, 0.1) is 6.92 Å². The van der Waals surface area contributed by atoms with Crippen molar-refractivity contribution in [3.8, 4) is 5.75 Å². The first-order chi connectivity index (χ1) is 12.5. The van der Waals surface area contributed by atoms with E-state index in [0.29, 0.717) is 41.5 Å². The van der Waals surface area contributed by atoms with Gasteiger partial charge < -0.3 is 14.8 Å². The molecule has 0 saturated carbocycles. The SMILES string of the molecule is CNCCOc1c(C=O)cc(Cc2ccc(C(=O)OC)cc2)c(C)c1Cl. The zero-order chi connectivity index (χ0) is 19.1. The lowest BCUT2D eigenvalue weighted by Gasteiger charge is -2.16. The minimum absolute atomic E-state index is 0.373. The van der Waals surface area contributed by atoms with E-state index in [0.717, 1.165) is 23.0 Å². The molecular weight excluding hydrogens is 354 g/mol. The highest BCUT2D eigenvalue weighted by atomic mass is 35.5. The highest BCUT2D eigenvalue weighted by Gasteiger charge is 2.16. The predicted octanol–water partition coefficient (Wildman–Crippen LogP) is 3.44. The molecule has 0 aliphatic heterocycles. The van der Waals surface area contributed by atoms with Crippen molar-refractivity contribution in [3.05, 3.63) is 63.2 Å². The number of likely N-dealkylation sites (N-methyl/N-ethyl adjacent to an activating group) is 1. The van der Waals surface area contributed by atoms with E-state index < -0.39 is 0 Å². The van der Waals surface area contributed by atoms with Gasteiger partial charge in [-0.3, -0.25) is 4.79 Å². The lowest BCUT2D eigenvalue weighted by molar-refractivity contribution is 0.0600. The number of halogens is 1. The molecule has 2 rings (SSSR count). The number of benzene rings is 2. The highest BCUT2D eigenvalue weighted by molar-refractivity contribution is 6.33. The molecule has 0 amide bonds.